The summed E-state index contributed by atoms with van der Waals surface area (Å²) in [4.78, 5) is 14.0. The third-order valence-electron chi connectivity index (χ3n) is 4.00. The summed E-state index contributed by atoms with van der Waals surface area (Å²) >= 11 is 0. The van der Waals surface area contributed by atoms with E-state index in [9.17, 15) is 9.90 Å². The van der Waals surface area contributed by atoms with Gasteiger partial charge in [0.25, 0.3) is 0 Å². The maximum Gasteiger partial charge on any atom is 0.329 e. The van der Waals surface area contributed by atoms with E-state index in [4.69, 9.17) is 0 Å². The molecule has 1 aromatic carbocycles. The molecule has 0 aromatic heterocycles. The average molecular weight is 262 g/mol. The largest absolute Gasteiger partial charge is 0.480 e. The molecule has 0 spiro atoms. The van der Waals surface area contributed by atoms with E-state index in [0.717, 1.165) is 25.3 Å². The Labute approximate surface area is 114 Å². The molecule has 1 aliphatic heterocycles. The minimum atomic E-state index is -0.819. The summed E-state index contributed by atoms with van der Waals surface area (Å²) in [6, 6.07) is 7.90. The molecule has 0 saturated carbocycles. The molecular weight excluding hydrogens is 240 g/mol. The number of rotatable bonds is 4. The number of benzene rings is 1. The average Bonchev–Trinajstić information content (AvgIpc) is 2.42. The minimum Gasteiger partial charge on any atom is -0.480 e. The number of nitrogens with one attached hydrogen (secondary N) is 1. The first-order valence-electron chi connectivity index (χ1n) is 6.86. The van der Waals surface area contributed by atoms with Crippen LogP contribution in [0.1, 0.15) is 25.3 Å². The number of likely N-dealkylation sites (tertiary alicyclic amines) is 1. The van der Waals surface area contributed by atoms with Crippen LogP contribution in [0.4, 0.5) is 5.69 Å². The van der Waals surface area contributed by atoms with E-state index >= 15 is 0 Å². The number of carboxylic acids is 1. The number of hydrogen-bond donors (Lipinski definition) is 2. The Hall–Kier alpha value is -1.55. The first kappa shape index (κ1) is 13.9. The Balaban J connectivity index is 2.12. The zero-order valence-electron chi connectivity index (χ0n) is 11.6. The van der Waals surface area contributed by atoms with E-state index in [-0.39, 0.29) is 0 Å². The quantitative estimate of drug-likeness (QED) is 0.874. The van der Waals surface area contributed by atoms with Crippen molar-refractivity contribution in [2.24, 2.45) is 0 Å². The highest BCUT2D eigenvalue weighted by Crippen LogP contribution is 2.27. The number of carboxylic acid groups (broad SMARTS) is 1. The van der Waals surface area contributed by atoms with Crippen LogP contribution in [-0.2, 0) is 4.79 Å². The number of aryl methyl sites for hydroxylation is 1. The van der Waals surface area contributed by atoms with Gasteiger partial charge in [0, 0.05) is 18.8 Å². The summed E-state index contributed by atoms with van der Waals surface area (Å²) in [6.45, 7) is 6.79. The van der Waals surface area contributed by atoms with Gasteiger partial charge in [0.2, 0.25) is 0 Å². The van der Waals surface area contributed by atoms with Crippen molar-refractivity contribution in [3.05, 3.63) is 29.8 Å². The topological polar surface area (TPSA) is 52.6 Å². The van der Waals surface area contributed by atoms with Crippen molar-refractivity contribution in [2.45, 2.75) is 32.2 Å². The third-order valence-corrected chi connectivity index (χ3v) is 4.00. The second-order valence-corrected chi connectivity index (χ2v) is 5.31. The zero-order valence-corrected chi connectivity index (χ0v) is 11.6. The second kappa shape index (κ2) is 5.61. The molecule has 2 N–H and O–H groups in total. The smallest absolute Gasteiger partial charge is 0.329 e. The summed E-state index contributed by atoms with van der Waals surface area (Å²) in [7, 11) is 0. The predicted molar refractivity (Wildman–Crippen MR) is 76.5 cm³/mol. The monoisotopic (exact) mass is 262 g/mol. The van der Waals surface area contributed by atoms with Crippen LogP contribution < -0.4 is 5.32 Å². The Morgan fingerprint density at radius 2 is 1.89 bits per heavy atom. The minimum absolute atomic E-state index is 0.643. The van der Waals surface area contributed by atoms with Crippen molar-refractivity contribution in [1.29, 1.82) is 0 Å². The van der Waals surface area contributed by atoms with Crippen molar-refractivity contribution in [3.8, 4) is 0 Å². The molecule has 0 amide bonds. The molecule has 4 heteroatoms. The van der Waals surface area contributed by atoms with Crippen LogP contribution in [0.15, 0.2) is 24.3 Å². The van der Waals surface area contributed by atoms with Gasteiger partial charge in [-0.15, -0.1) is 0 Å². The van der Waals surface area contributed by atoms with Crippen LogP contribution >= 0.6 is 0 Å². The lowest BCUT2D eigenvalue weighted by Crippen LogP contribution is -2.54. The maximum absolute atomic E-state index is 11.7. The van der Waals surface area contributed by atoms with Crippen molar-refractivity contribution in [2.75, 3.05) is 25.0 Å². The number of hydrogen-bond acceptors (Lipinski definition) is 3. The van der Waals surface area contributed by atoms with E-state index in [1.165, 1.54) is 5.56 Å². The summed E-state index contributed by atoms with van der Waals surface area (Å²) in [5, 5.41) is 12.8. The van der Waals surface area contributed by atoms with Gasteiger partial charge in [-0.25, -0.2) is 4.79 Å². The third kappa shape index (κ3) is 3.07. The Bertz CT molecular complexity index is 434. The lowest BCUT2D eigenvalue weighted by atomic mass is 9.87. The van der Waals surface area contributed by atoms with Crippen molar-refractivity contribution in [3.63, 3.8) is 0 Å². The number of anilines is 1. The molecule has 0 bridgehead atoms. The summed E-state index contributed by atoms with van der Waals surface area (Å²) in [5.41, 5.74) is 1.25. The van der Waals surface area contributed by atoms with Crippen molar-refractivity contribution in [1.82, 2.24) is 4.90 Å². The highest BCUT2D eigenvalue weighted by molar-refractivity contribution is 5.83. The van der Waals surface area contributed by atoms with Crippen LogP contribution in [0.25, 0.3) is 0 Å². The standard InChI is InChI=1S/C15H22N2O2/c1-3-17-10-8-15(9-11-17,14(18)19)16-13-6-4-12(2)5-7-13/h4-7,16H,3,8-11H2,1-2H3,(H,18,19). The molecule has 104 valence electrons. The molecule has 0 unspecified atom stereocenters. The summed E-state index contributed by atoms with van der Waals surface area (Å²) < 4.78 is 0. The highest BCUT2D eigenvalue weighted by Gasteiger charge is 2.41. The fourth-order valence-corrected chi connectivity index (χ4v) is 2.56. The molecule has 1 heterocycles. The lowest BCUT2D eigenvalue weighted by Gasteiger charge is -2.39. The van der Waals surface area contributed by atoms with E-state index in [1.54, 1.807) is 0 Å². The van der Waals surface area contributed by atoms with Gasteiger partial charge in [0.15, 0.2) is 0 Å². The molecule has 1 saturated heterocycles. The van der Waals surface area contributed by atoms with Crippen LogP contribution in [0.3, 0.4) is 0 Å². The molecule has 2 rings (SSSR count). The molecule has 19 heavy (non-hydrogen) atoms. The Morgan fingerprint density at radius 3 is 2.37 bits per heavy atom. The van der Waals surface area contributed by atoms with Gasteiger partial charge in [0.05, 0.1) is 0 Å². The number of piperidine rings is 1. The van der Waals surface area contributed by atoms with E-state index in [1.807, 2.05) is 31.2 Å². The lowest BCUT2D eigenvalue weighted by molar-refractivity contribution is -0.144. The normalized spacial score (nSPS) is 19.1. The number of nitrogens with zero attached hydrogens (tertiary/aromatic N) is 1. The molecule has 1 aromatic rings. The molecule has 1 fully saturated rings. The summed E-state index contributed by atoms with van der Waals surface area (Å²) in [6.07, 6.45) is 1.29. The summed E-state index contributed by atoms with van der Waals surface area (Å²) in [5.74, 6) is -0.746. The SMILES string of the molecule is CCN1CCC(Nc2ccc(C)cc2)(C(=O)O)CC1. The van der Waals surface area contributed by atoms with Gasteiger partial charge in [-0.1, -0.05) is 24.6 Å². The predicted octanol–water partition coefficient (Wildman–Crippen LogP) is 2.35. The van der Waals surface area contributed by atoms with Gasteiger partial charge in [-0.3, -0.25) is 0 Å². The van der Waals surface area contributed by atoms with Crippen molar-refractivity contribution >= 4 is 11.7 Å². The zero-order chi connectivity index (χ0) is 13.9. The molecule has 0 radical (unpaired) electrons. The van der Waals surface area contributed by atoms with E-state index in [0.29, 0.717) is 12.8 Å². The Morgan fingerprint density at radius 1 is 1.32 bits per heavy atom. The fraction of sp³-hybridized carbons (Fsp3) is 0.533. The van der Waals surface area contributed by atoms with Gasteiger partial charge in [-0.2, -0.15) is 0 Å². The molecule has 0 atom stereocenters. The van der Waals surface area contributed by atoms with Crippen molar-refractivity contribution < 1.29 is 9.90 Å². The molecule has 4 nitrogen and oxygen atoms in total. The van der Waals surface area contributed by atoms with Gasteiger partial charge in [0.1, 0.15) is 5.54 Å². The van der Waals surface area contributed by atoms with E-state index < -0.39 is 11.5 Å². The van der Waals surface area contributed by atoms with Crippen LogP contribution in [0.2, 0.25) is 0 Å². The molecular formula is C15H22N2O2. The number of aliphatic carboxylic acids is 1. The number of carbonyl (C=O) groups is 1. The highest BCUT2D eigenvalue weighted by atomic mass is 16.4. The van der Waals surface area contributed by atoms with Gasteiger partial charge < -0.3 is 15.3 Å². The fourth-order valence-electron chi connectivity index (χ4n) is 2.56. The second-order valence-electron chi connectivity index (χ2n) is 5.31. The molecule has 0 aliphatic carbocycles. The molecule has 1 aliphatic rings. The first-order chi connectivity index (χ1) is 9.05. The Kier molecular flexibility index (Phi) is 4.10. The van der Waals surface area contributed by atoms with Crippen LogP contribution in [0, 0.1) is 6.92 Å². The maximum atomic E-state index is 11.7. The van der Waals surface area contributed by atoms with Crippen LogP contribution in [0.5, 0.6) is 0 Å². The van der Waals surface area contributed by atoms with E-state index in [2.05, 4.69) is 17.1 Å². The van der Waals surface area contributed by atoms with Gasteiger partial charge >= 0.3 is 5.97 Å². The van der Waals surface area contributed by atoms with Crippen LogP contribution in [-0.4, -0.2) is 41.1 Å². The van der Waals surface area contributed by atoms with Gasteiger partial charge in [-0.05, 0) is 38.4 Å². The first-order valence-corrected chi connectivity index (χ1v) is 6.86.